The molecule has 0 unspecified atom stereocenters. The first kappa shape index (κ1) is 24.8. The molecule has 0 saturated heterocycles. The Labute approximate surface area is 214 Å². The lowest BCUT2D eigenvalue weighted by molar-refractivity contribution is -0.139. The third kappa shape index (κ3) is 4.78. The Morgan fingerprint density at radius 3 is 2.86 bits per heavy atom. The van der Waals surface area contributed by atoms with E-state index in [9.17, 15) is 9.59 Å². The zero-order valence-corrected chi connectivity index (χ0v) is 21.6. The number of hydrogen-bond acceptors (Lipinski definition) is 8. The van der Waals surface area contributed by atoms with Crippen molar-refractivity contribution in [3.63, 3.8) is 0 Å². The molecule has 1 atom stereocenters. The van der Waals surface area contributed by atoms with E-state index in [2.05, 4.69) is 10.9 Å². The third-order valence-electron chi connectivity index (χ3n) is 5.18. The lowest BCUT2D eigenvalue weighted by Gasteiger charge is -2.23. The van der Waals surface area contributed by atoms with Crippen molar-refractivity contribution in [1.82, 2.24) is 4.57 Å². The van der Waals surface area contributed by atoms with Gasteiger partial charge in [0.2, 0.25) is 0 Å². The fourth-order valence-electron chi connectivity index (χ4n) is 3.74. The second-order valence-corrected chi connectivity index (χ2v) is 9.74. The maximum absolute atomic E-state index is 13.6. The maximum atomic E-state index is 13.6. The molecule has 1 aromatic carbocycles. The van der Waals surface area contributed by atoms with Gasteiger partial charge in [-0.2, -0.15) is 0 Å². The van der Waals surface area contributed by atoms with Crippen LogP contribution in [0.2, 0.25) is 5.02 Å². The number of nitrogens with zero attached hydrogens (tertiary/aromatic N) is 2. The molecule has 2 aromatic heterocycles. The number of benzene rings is 1. The fraction of sp³-hybridized carbons (Fsp3) is 0.240. The molecule has 0 spiro atoms. The van der Waals surface area contributed by atoms with Gasteiger partial charge in [0.15, 0.2) is 16.3 Å². The van der Waals surface area contributed by atoms with Crippen molar-refractivity contribution in [3.05, 3.63) is 76.1 Å². The first-order chi connectivity index (χ1) is 16.9. The molecule has 10 heteroatoms. The lowest BCUT2D eigenvalue weighted by Crippen LogP contribution is -2.39. The van der Waals surface area contributed by atoms with E-state index in [4.69, 9.17) is 32.2 Å². The Bertz CT molecular complexity index is 1530. The van der Waals surface area contributed by atoms with E-state index in [1.807, 2.05) is 17.5 Å². The molecule has 0 saturated carbocycles. The smallest absolute Gasteiger partial charge is 0.338 e. The van der Waals surface area contributed by atoms with Gasteiger partial charge in [0.1, 0.15) is 12.6 Å². The van der Waals surface area contributed by atoms with E-state index in [0.29, 0.717) is 42.7 Å². The minimum Gasteiger partial charge on any atom is -0.493 e. The van der Waals surface area contributed by atoms with Crippen LogP contribution in [0.3, 0.4) is 0 Å². The number of thiophene rings is 1. The summed E-state index contributed by atoms with van der Waals surface area (Å²) in [6.07, 6.45) is 6.98. The van der Waals surface area contributed by atoms with E-state index in [1.165, 1.54) is 29.8 Å². The summed E-state index contributed by atoms with van der Waals surface area (Å²) in [6, 6.07) is 6.53. The predicted octanol–water partition coefficient (Wildman–Crippen LogP) is 3.53. The van der Waals surface area contributed by atoms with Crippen LogP contribution in [0.4, 0.5) is 0 Å². The highest BCUT2D eigenvalue weighted by Crippen LogP contribution is 2.37. The van der Waals surface area contributed by atoms with Crippen molar-refractivity contribution < 1.29 is 19.0 Å². The van der Waals surface area contributed by atoms with Gasteiger partial charge in [-0.15, -0.1) is 17.8 Å². The van der Waals surface area contributed by atoms with Gasteiger partial charge < -0.3 is 14.2 Å². The molecule has 7 nitrogen and oxygen atoms in total. The van der Waals surface area contributed by atoms with Crippen LogP contribution in [0.15, 0.2) is 50.7 Å². The number of terminal acetylenes is 1. The van der Waals surface area contributed by atoms with Gasteiger partial charge in [-0.05, 0) is 49.1 Å². The van der Waals surface area contributed by atoms with Crippen LogP contribution in [0, 0.1) is 12.3 Å². The van der Waals surface area contributed by atoms with Crippen molar-refractivity contribution in [2.24, 2.45) is 4.99 Å². The SMILES string of the molecule is C#CCOc1c(Cl)cc(/C=c2\sc3n(c2=O)[C@H](c2cccs2)C(C(=O)OCC)=C(C)N=3)cc1OC. The average molecular weight is 529 g/mol. The van der Waals surface area contributed by atoms with Crippen molar-refractivity contribution in [3.8, 4) is 23.8 Å². The largest absolute Gasteiger partial charge is 0.493 e. The van der Waals surface area contributed by atoms with Crippen molar-refractivity contribution in [1.29, 1.82) is 0 Å². The monoisotopic (exact) mass is 528 g/mol. The number of ether oxygens (including phenoxy) is 3. The summed E-state index contributed by atoms with van der Waals surface area (Å²) in [4.78, 5) is 32.4. The molecule has 4 rings (SSSR count). The summed E-state index contributed by atoms with van der Waals surface area (Å²) in [7, 11) is 1.49. The van der Waals surface area contributed by atoms with E-state index in [-0.39, 0.29) is 18.8 Å². The Balaban J connectivity index is 1.88. The Morgan fingerprint density at radius 2 is 2.20 bits per heavy atom. The standard InChI is InChI=1S/C25H21ClN2O5S2/c1-5-9-33-22-16(26)11-15(12-17(22)31-4)13-19-23(29)28-21(18-8-7-10-34-18)20(24(30)32-6-2)14(3)27-25(28)35-19/h1,7-8,10-13,21H,6,9H2,2-4H3/b19-13-/t21-/m1/s1. The minimum absolute atomic E-state index is 0.0406. The number of fused-ring (bicyclic) bond motifs is 1. The normalized spacial score (nSPS) is 15.3. The zero-order chi connectivity index (χ0) is 25.1. The minimum atomic E-state index is -0.620. The zero-order valence-electron chi connectivity index (χ0n) is 19.2. The van der Waals surface area contributed by atoms with Gasteiger partial charge in [0.25, 0.3) is 5.56 Å². The number of carbonyl (C=O) groups excluding carboxylic acids is 1. The van der Waals surface area contributed by atoms with Gasteiger partial charge >= 0.3 is 5.97 Å². The quantitative estimate of drug-likeness (QED) is 0.346. The van der Waals surface area contributed by atoms with Gasteiger partial charge in [0, 0.05) is 4.88 Å². The number of rotatable bonds is 7. The number of halogens is 1. The summed E-state index contributed by atoms with van der Waals surface area (Å²) >= 11 is 9.09. The number of aromatic nitrogens is 1. The molecule has 1 aliphatic rings. The highest BCUT2D eigenvalue weighted by Gasteiger charge is 2.33. The van der Waals surface area contributed by atoms with Crippen LogP contribution < -0.4 is 24.4 Å². The van der Waals surface area contributed by atoms with E-state index in [0.717, 1.165) is 4.88 Å². The number of methoxy groups -OCH3 is 1. The van der Waals surface area contributed by atoms with E-state index in [1.54, 1.807) is 36.6 Å². The van der Waals surface area contributed by atoms with Crippen LogP contribution in [-0.4, -0.2) is 30.9 Å². The maximum Gasteiger partial charge on any atom is 0.338 e. The number of allylic oxidation sites excluding steroid dienone is 1. The molecule has 0 aliphatic carbocycles. The molecule has 0 fully saturated rings. The molecule has 0 N–H and O–H groups in total. The molecule has 3 aromatic rings. The lowest BCUT2D eigenvalue weighted by atomic mass is 10.0. The van der Waals surface area contributed by atoms with Crippen LogP contribution in [-0.2, 0) is 9.53 Å². The van der Waals surface area contributed by atoms with Crippen molar-refractivity contribution in [2.45, 2.75) is 19.9 Å². The van der Waals surface area contributed by atoms with Gasteiger partial charge in [-0.1, -0.05) is 34.9 Å². The van der Waals surface area contributed by atoms with Gasteiger partial charge in [0.05, 0.1) is 34.5 Å². The first-order valence-electron chi connectivity index (χ1n) is 10.6. The molecule has 0 bridgehead atoms. The average Bonchev–Trinajstić information content (AvgIpc) is 3.46. The summed E-state index contributed by atoms with van der Waals surface area (Å²) in [5, 5.41) is 2.21. The molecule has 35 heavy (non-hydrogen) atoms. The molecule has 1 aliphatic heterocycles. The summed E-state index contributed by atoms with van der Waals surface area (Å²) in [6.45, 7) is 3.76. The van der Waals surface area contributed by atoms with Crippen LogP contribution in [0.1, 0.15) is 30.3 Å². The second kappa shape index (κ2) is 10.5. The number of esters is 1. The van der Waals surface area contributed by atoms with Crippen LogP contribution in [0.25, 0.3) is 6.08 Å². The number of hydrogen-bond donors (Lipinski definition) is 0. The highest BCUT2D eigenvalue weighted by atomic mass is 35.5. The molecular weight excluding hydrogens is 508 g/mol. The number of thiazole rings is 1. The Kier molecular flexibility index (Phi) is 7.45. The summed E-state index contributed by atoms with van der Waals surface area (Å²) < 4.78 is 18.2. The van der Waals surface area contributed by atoms with Crippen LogP contribution >= 0.6 is 34.3 Å². The van der Waals surface area contributed by atoms with Crippen molar-refractivity contribution >= 4 is 46.3 Å². The molecule has 0 radical (unpaired) electrons. The molecular formula is C25H21ClN2O5S2. The first-order valence-corrected chi connectivity index (χ1v) is 12.6. The summed E-state index contributed by atoms with van der Waals surface area (Å²) in [5.74, 6) is 2.63. The third-order valence-corrected chi connectivity index (χ3v) is 7.37. The van der Waals surface area contributed by atoms with Gasteiger partial charge in [-0.25, -0.2) is 9.79 Å². The predicted molar refractivity (Wildman–Crippen MR) is 137 cm³/mol. The van der Waals surface area contributed by atoms with Gasteiger partial charge in [-0.3, -0.25) is 9.36 Å². The fourth-order valence-corrected chi connectivity index (χ4v) is 5.88. The number of carbonyl (C=O) groups is 1. The topological polar surface area (TPSA) is 79.1 Å². The highest BCUT2D eigenvalue weighted by molar-refractivity contribution is 7.10. The molecule has 0 amide bonds. The van der Waals surface area contributed by atoms with Crippen LogP contribution in [0.5, 0.6) is 11.5 Å². The molecule has 3 heterocycles. The second-order valence-electron chi connectivity index (χ2n) is 7.34. The Hall–Kier alpha value is -3.32. The van der Waals surface area contributed by atoms with E-state index >= 15 is 0 Å². The Morgan fingerprint density at radius 1 is 1.40 bits per heavy atom. The molecule has 180 valence electrons. The van der Waals surface area contributed by atoms with E-state index < -0.39 is 12.0 Å². The summed E-state index contributed by atoms with van der Waals surface area (Å²) in [5.41, 5.74) is 1.24. The van der Waals surface area contributed by atoms with Crippen molar-refractivity contribution in [2.75, 3.05) is 20.3 Å².